The van der Waals surface area contributed by atoms with Gasteiger partial charge in [-0.15, -0.1) is 10.2 Å². The Morgan fingerprint density at radius 3 is 2.32 bits per heavy atom. The van der Waals surface area contributed by atoms with Crippen molar-refractivity contribution in [2.45, 2.75) is 32.9 Å². The Labute approximate surface area is 147 Å². The van der Waals surface area contributed by atoms with Gasteiger partial charge in [-0.05, 0) is 50.6 Å². The molecule has 0 unspecified atom stereocenters. The molecule has 0 saturated heterocycles. The number of anilines is 1. The smallest absolute Gasteiger partial charge is 0.272 e. The molecule has 2 aromatic rings. The second-order valence-electron chi connectivity index (χ2n) is 6.55. The van der Waals surface area contributed by atoms with E-state index in [9.17, 15) is 4.79 Å². The predicted octanol–water partition coefficient (Wildman–Crippen LogP) is 2.63. The minimum absolute atomic E-state index is 0.244. The van der Waals surface area contributed by atoms with Gasteiger partial charge in [0, 0.05) is 12.1 Å². The van der Waals surface area contributed by atoms with Gasteiger partial charge >= 0.3 is 0 Å². The van der Waals surface area contributed by atoms with E-state index in [-0.39, 0.29) is 17.1 Å². The molecule has 134 valence electrons. The zero-order chi connectivity index (χ0) is 18.4. The summed E-state index contributed by atoms with van der Waals surface area (Å²) < 4.78 is 10.5. The molecule has 0 aliphatic heterocycles. The molecule has 1 aromatic heterocycles. The molecule has 2 rings (SSSR count). The number of nitrogens with zero attached hydrogens (tertiary/aromatic N) is 2. The van der Waals surface area contributed by atoms with Gasteiger partial charge in [-0.25, -0.2) is 0 Å². The van der Waals surface area contributed by atoms with Crippen molar-refractivity contribution >= 4 is 11.7 Å². The summed E-state index contributed by atoms with van der Waals surface area (Å²) in [7, 11) is 3.20. The highest BCUT2D eigenvalue weighted by Crippen LogP contribution is 2.27. The molecule has 1 heterocycles. The summed E-state index contributed by atoms with van der Waals surface area (Å²) in [5, 5.41) is 14.0. The van der Waals surface area contributed by atoms with Gasteiger partial charge in [0.1, 0.15) is 5.82 Å². The van der Waals surface area contributed by atoms with Crippen molar-refractivity contribution in [2.24, 2.45) is 0 Å². The van der Waals surface area contributed by atoms with Crippen LogP contribution in [0.1, 0.15) is 36.8 Å². The first-order valence-electron chi connectivity index (χ1n) is 7.93. The molecule has 0 aliphatic carbocycles. The topological polar surface area (TPSA) is 85.4 Å². The van der Waals surface area contributed by atoms with Gasteiger partial charge in [0.25, 0.3) is 5.91 Å². The minimum Gasteiger partial charge on any atom is -0.493 e. The number of benzene rings is 1. The van der Waals surface area contributed by atoms with Crippen molar-refractivity contribution in [1.29, 1.82) is 0 Å². The number of carbonyl (C=O) groups excluding carboxylic acids is 1. The standard InChI is InChI=1S/C18H24N4O3/c1-18(2,3)20-17(23)13-7-9-16(22-21-13)19-11-12-6-8-14(24-4)15(10-12)25-5/h6-10H,11H2,1-5H3,(H,19,22)(H,20,23). The summed E-state index contributed by atoms with van der Waals surface area (Å²) in [4.78, 5) is 12.0. The second kappa shape index (κ2) is 7.83. The fraction of sp³-hybridized carbons (Fsp3) is 0.389. The van der Waals surface area contributed by atoms with Crippen LogP contribution in [0.2, 0.25) is 0 Å². The SMILES string of the molecule is COc1ccc(CNc2ccc(C(=O)NC(C)(C)C)nn2)cc1OC. The van der Waals surface area contributed by atoms with E-state index < -0.39 is 0 Å². The third kappa shape index (κ3) is 5.34. The average Bonchev–Trinajstić information content (AvgIpc) is 2.58. The zero-order valence-electron chi connectivity index (χ0n) is 15.2. The number of amides is 1. The summed E-state index contributed by atoms with van der Waals surface area (Å²) >= 11 is 0. The van der Waals surface area contributed by atoms with E-state index in [0.717, 1.165) is 5.56 Å². The summed E-state index contributed by atoms with van der Waals surface area (Å²) in [5.74, 6) is 1.69. The van der Waals surface area contributed by atoms with Crippen LogP contribution < -0.4 is 20.1 Å². The molecule has 0 spiro atoms. The first-order chi connectivity index (χ1) is 11.8. The summed E-state index contributed by atoms with van der Waals surface area (Å²) in [6.07, 6.45) is 0. The molecular formula is C18H24N4O3. The number of carbonyl (C=O) groups is 1. The van der Waals surface area contributed by atoms with Gasteiger partial charge in [0.15, 0.2) is 17.2 Å². The van der Waals surface area contributed by atoms with Crippen LogP contribution in [0.15, 0.2) is 30.3 Å². The van der Waals surface area contributed by atoms with Gasteiger partial charge in [-0.1, -0.05) is 6.07 Å². The van der Waals surface area contributed by atoms with E-state index in [1.54, 1.807) is 26.4 Å². The van der Waals surface area contributed by atoms with Crippen molar-refractivity contribution in [2.75, 3.05) is 19.5 Å². The van der Waals surface area contributed by atoms with Crippen LogP contribution in [-0.2, 0) is 6.54 Å². The summed E-state index contributed by atoms with van der Waals surface area (Å²) in [6.45, 7) is 6.29. The highest BCUT2D eigenvalue weighted by atomic mass is 16.5. The number of rotatable bonds is 6. The maximum absolute atomic E-state index is 12.0. The fourth-order valence-corrected chi connectivity index (χ4v) is 2.14. The normalized spacial score (nSPS) is 10.9. The quantitative estimate of drug-likeness (QED) is 0.838. The van der Waals surface area contributed by atoms with E-state index in [1.807, 2.05) is 39.0 Å². The van der Waals surface area contributed by atoms with Crippen LogP contribution in [-0.4, -0.2) is 35.9 Å². The first-order valence-corrected chi connectivity index (χ1v) is 7.93. The van der Waals surface area contributed by atoms with Crippen LogP contribution in [0.25, 0.3) is 0 Å². The predicted molar refractivity (Wildman–Crippen MR) is 96.1 cm³/mol. The Bertz CT molecular complexity index is 724. The molecule has 1 amide bonds. The van der Waals surface area contributed by atoms with Crippen molar-refractivity contribution in [3.8, 4) is 11.5 Å². The van der Waals surface area contributed by atoms with Crippen LogP contribution in [0.5, 0.6) is 11.5 Å². The molecule has 1 aromatic carbocycles. The molecule has 7 nitrogen and oxygen atoms in total. The lowest BCUT2D eigenvalue weighted by molar-refractivity contribution is 0.0913. The van der Waals surface area contributed by atoms with Crippen LogP contribution in [0, 0.1) is 0 Å². The Morgan fingerprint density at radius 2 is 1.76 bits per heavy atom. The van der Waals surface area contributed by atoms with E-state index in [1.165, 1.54) is 0 Å². The molecule has 7 heteroatoms. The first kappa shape index (κ1) is 18.5. The molecule has 0 bridgehead atoms. The lowest BCUT2D eigenvalue weighted by Crippen LogP contribution is -2.41. The number of nitrogens with one attached hydrogen (secondary N) is 2. The maximum atomic E-state index is 12.0. The fourth-order valence-electron chi connectivity index (χ4n) is 2.14. The van der Waals surface area contributed by atoms with Crippen LogP contribution in [0.4, 0.5) is 5.82 Å². The minimum atomic E-state index is -0.316. The van der Waals surface area contributed by atoms with Crippen LogP contribution in [0.3, 0.4) is 0 Å². The van der Waals surface area contributed by atoms with Crippen LogP contribution >= 0.6 is 0 Å². The van der Waals surface area contributed by atoms with Gasteiger partial charge < -0.3 is 20.1 Å². The summed E-state index contributed by atoms with van der Waals surface area (Å²) in [5.41, 5.74) is 0.976. The Kier molecular flexibility index (Phi) is 5.80. The number of ether oxygens (including phenoxy) is 2. The van der Waals surface area contributed by atoms with Crippen molar-refractivity contribution in [3.05, 3.63) is 41.6 Å². The van der Waals surface area contributed by atoms with Crippen molar-refractivity contribution in [3.63, 3.8) is 0 Å². The molecule has 0 aliphatic rings. The van der Waals surface area contributed by atoms with Gasteiger partial charge in [-0.2, -0.15) is 0 Å². The molecule has 0 saturated carbocycles. The number of hydrogen-bond donors (Lipinski definition) is 2. The Morgan fingerprint density at radius 1 is 1.04 bits per heavy atom. The number of aromatic nitrogens is 2. The van der Waals surface area contributed by atoms with Gasteiger partial charge in [-0.3, -0.25) is 4.79 Å². The largest absolute Gasteiger partial charge is 0.493 e. The molecule has 0 fully saturated rings. The molecule has 25 heavy (non-hydrogen) atoms. The van der Waals surface area contributed by atoms with E-state index in [2.05, 4.69) is 20.8 Å². The number of methoxy groups -OCH3 is 2. The molecule has 2 N–H and O–H groups in total. The third-order valence-corrected chi connectivity index (χ3v) is 3.31. The van der Waals surface area contributed by atoms with Gasteiger partial charge in [0.05, 0.1) is 14.2 Å². The monoisotopic (exact) mass is 344 g/mol. The Balaban J connectivity index is 1.99. The Hall–Kier alpha value is -2.83. The molecular weight excluding hydrogens is 320 g/mol. The van der Waals surface area contributed by atoms with Crippen molar-refractivity contribution in [1.82, 2.24) is 15.5 Å². The van der Waals surface area contributed by atoms with E-state index in [4.69, 9.17) is 9.47 Å². The highest BCUT2D eigenvalue weighted by Gasteiger charge is 2.16. The lowest BCUT2D eigenvalue weighted by atomic mass is 10.1. The summed E-state index contributed by atoms with van der Waals surface area (Å²) in [6, 6.07) is 9.05. The van der Waals surface area contributed by atoms with E-state index >= 15 is 0 Å². The lowest BCUT2D eigenvalue weighted by Gasteiger charge is -2.19. The average molecular weight is 344 g/mol. The molecule has 0 atom stereocenters. The van der Waals surface area contributed by atoms with E-state index in [0.29, 0.717) is 23.9 Å². The van der Waals surface area contributed by atoms with Crippen molar-refractivity contribution < 1.29 is 14.3 Å². The number of hydrogen-bond acceptors (Lipinski definition) is 6. The highest BCUT2D eigenvalue weighted by molar-refractivity contribution is 5.92. The third-order valence-electron chi connectivity index (χ3n) is 3.31. The molecule has 0 radical (unpaired) electrons. The zero-order valence-corrected chi connectivity index (χ0v) is 15.2. The maximum Gasteiger partial charge on any atom is 0.272 e. The van der Waals surface area contributed by atoms with Gasteiger partial charge in [0.2, 0.25) is 0 Å². The second-order valence-corrected chi connectivity index (χ2v) is 6.55.